The summed E-state index contributed by atoms with van der Waals surface area (Å²) < 4.78 is 35.2. The number of amides is 1. The zero-order valence-corrected chi connectivity index (χ0v) is 16.3. The summed E-state index contributed by atoms with van der Waals surface area (Å²) in [6, 6.07) is 13.8. The minimum atomic E-state index is -2.93. The van der Waals surface area contributed by atoms with Gasteiger partial charge in [0.05, 0.1) is 19.6 Å². The van der Waals surface area contributed by atoms with E-state index in [1.54, 1.807) is 30.2 Å². The van der Waals surface area contributed by atoms with Gasteiger partial charge in [-0.25, -0.2) is 0 Å². The first-order valence-corrected chi connectivity index (χ1v) is 8.76. The highest BCUT2D eigenvalue weighted by molar-refractivity contribution is 5.85. The fourth-order valence-corrected chi connectivity index (χ4v) is 3.35. The lowest BCUT2D eigenvalue weighted by atomic mass is 10.0. The van der Waals surface area contributed by atoms with E-state index in [0.717, 1.165) is 5.56 Å². The van der Waals surface area contributed by atoms with Gasteiger partial charge in [0, 0.05) is 30.8 Å². The van der Waals surface area contributed by atoms with Crippen molar-refractivity contribution in [2.24, 2.45) is 0 Å². The molecule has 3 rings (SSSR count). The standard InChI is InChI=1S/C20H22F2N2O3.ClH/c1-26-18-9-5-3-7-15(18)16-13-23-10-11-24(16)19(25)12-14-6-2-4-8-17(14)27-20(21)22;/h2-9,16,20,23H,10-13H2,1H3;1H. The van der Waals surface area contributed by atoms with Crippen LogP contribution >= 0.6 is 12.4 Å². The molecule has 1 heterocycles. The van der Waals surface area contributed by atoms with Crippen LogP contribution in [0.1, 0.15) is 17.2 Å². The van der Waals surface area contributed by atoms with Crippen molar-refractivity contribution in [3.8, 4) is 11.5 Å². The lowest BCUT2D eigenvalue weighted by Crippen LogP contribution is -2.49. The smallest absolute Gasteiger partial charge is 0.387 e. The number of methoxy groups -OCH3 is 1. The Labute approximate surface area is 169 Å². The summed E-state index contributed by atoms with van der Waals surface area (Å²) >= 11 is 0. The molecule has 1 atom stereocenters. The molecule has 8 heteroatoms. The third-order valence-corrected chi connectivity index (χ3v) is 4.59. The van der Waals surface area contributed by atoms with Crippen LogP contribution in [0.25, 0.3) is 0 Å². The maximum atomic E-state index is 13.0. The summed E-state index contributed by atoms with van der Waals surface area (Å²) in [5.41, 5.74) is 1.36. The van der Waals surface area contributed by atoms with Crippen molar-refractivity contribution in [3.63, 3.8) is 0 Å². The molecule has 0 radical (unpaired) electrons. The highest BCUT2D eigenvalue weighted by Gasteiger charge is 2.30. The first kappa shape index (κ1) is 21.9. The molecule has 2 aromatic rings. The number of para-hydroxylation sites is 2. The summed E-state index contributed by atoms with van der Waals surface area (Å²) in [5.74, 6) is 0.605. The molecule has 152 valence electrons. The fraction of sp³-hybridized carbons (Fsp3) is 0.350. The Bertz CT molecular complexity index is 792. The zero-order valence-electron chi connectivity index (χ0n) is 15.4. The van der Waals surface area contributed by atoms with Crippen LogP contribution in [0.2, 0.25) is 0 Å². The number of rotatable bonds is 6. The molecule has 28 heavy (non-hydrogen) atoms. The molecule has 1 aliphatic rings. The van der Waals surface area contributed by atoms with E-state index < -0.39 is 6.61 Å². The molecular weight excluding hydrogens is 390 g/mol. The second kappa shape index (κ2) is 10.2. The largest absolute Gasteiger partial charge is 0.496 e. The van der Waals surface area contributed by atoms with E-state index in [9.17, 15) is 13.6 Å². The molecule has 1 unspecified atom stereocenters. The Morgan fingerprint density at radius 2 is 1.86 bits per heavy atom. The molecule has 1 fully saturated rings. The van der Waals surface area contributed by atoms with Crippen molar-refractivity contribution in [1.29, 1.82) is 0 Å². The van der Waals surface area contributed by atoms with Gasteiger partial charge in [-0.1, -0.05) is 36.4 Å². The van der Waals surface area contributed by atoms with Crippen LogP contribution in [0, 0.1) is 0 Å². The molecule has 0 saturated carbocycles. The van der Waals surface area contributed by atoms with Crippen LogP contribution in [0.15, 0.2) is 48.5 Å². The summed E-state index contributed by atoms with van der Waals surface area (Å²) in [5, 5.41) is 3.30. The van der Waals surface area contributed by atoms with Gasteiger partial charge >= 0.3 is 6.61 Å². The molecular formula is C20H23ClF2N2O3. The number of hydrogen-bond donors (Lipinski definition) is 1. The van der Waals surface area contributed by atoms with Crippen LogP contribution in [0.4, 0.5) is 8.78 Å². The number of benzene rings is 2. The Kier molecular flexibility index (Phi) is 8.02. The Balaban J connectivity index is 0.00000280. The number of carbonyl (C=O) groups is 1. The van der Waals surface area contributed by atoms with Gasteiger partial charge in [0.2, 0.25) is 5.91 Å². The molecule has 0 spiro atoms. The van der Waals surface area contributed by atoms with Gasteiger partial charge in [0.1, 0.15) is 11.5 Å². The van der Waals surface area contributed by atoms with Gasteiger partial charge in [-0.15, -0.1) is 12.4 Å². The third kappa shape index (κ3) is 5.11. The zero-order chi connectivity index (χ0) is 19.2. The number of carbonyl (C=O) groups excluding carboxylic acids is 1. The molecule has 2 aromatic carbocycles. The number of halogens is 3. The molecule has 5 nitrogen and oxygen atoms in total. The van der Waals surface area contributed by atoms with Crippen molar-refractivity contribution < 1.29 is 23.0 Å². The van der Waals surface area contributed by atoms with E-state index in [0.29, 0.717) is 30.9 Å². The van der Waals surface area contributed by atoms with Crippen molar-refractivity contribution >= 4 is 18.3 Å². The maximum Gasteiger partial charge on any atom is 0.387 e. The van der Waals surface area contributed by atoms with Crippen LogP contribution in [-0.2, 0) is 11.2 Å². The van der Waals surface area contributed by atoms with Crippen molar-refractivity contribution in [3.05, 3.63) is 59.7 Å². The van der Waals surface area contributed by atoms with Gasteiger partial charge in [-0.2, -0.15) is 8.78 Å². The lowest BCUT2D eigenvalue weighted by molar-refractivity contribution is -0.134. The minimum Gasteiger partial charge on any atom is -0.496 e. The Hall–Kier alpha value is -2.38. The van der Waals surface area contributed by atoms with Crippen LogP contribution in [0.3, 0.4) is 0 Å². The van der Waals surface area contributed by atoms with E-state index in [4.69, 9.17) is 4.74 Å². The van der Waals surface area contributed by atoms with E-state index in [1.807, 2.05) is 24.3 Å². The van der Waals surface area contributed by atoms with E-state index in [-0.39, 0.29) is 36.5 Å². The van der Waals surface area contributed by atoms with Gasteiger partial charge in [-0.05, 0) is 12.1 Å². The Morgan fingerprint density at radius 1 is 1.18 bits per heavy atom. The summed E-state index contributed by atoms with van der Waals surface area (Å²) in [6.45, 7) is -1.13. The minimum absolute atomic E-state index is 0. The van der Waals surface area contributed by atoms with Crippen LogP contribution < -0.4 is 14.8 Å². The molecule has 1 amide bonds. The topological polar surface area (TPSA) is 50.8 Å². The lowest BCUT2D eigenvalue weighted by Gasteiger charge is -2.37. The van der Waals surface area contributed by atoms with Crippen molar-refractivity contribution in [2.45, 2.75) is 19.1 Å². The monoisotopic (exact) mass is 412 g/mol. The number of nitrogens with zero attached hydrogens (tertiary/aromatic N) is 1. The molecule has 1 aliphatic heterocycles. The molecule has 0 aliphatic carbocycles. The number of piperazine rings is 1. The average molecular weight is 413 g/mol. The number of alkyl halides is 2. The van der Waals surface area contributed by atoms with Gasteiger partial charge in [-0.3, -0.25) is 4.79 Å². The highest BCUT2D eigenvalue weighted by atomic mass is 35.5. The van der Waals surface area contributed by atoms with Crippen molar-refractivity contribution in [2.75, 3.05) is 26.7 Å². The normalized spacial score (nSPS) is 16.4. The quantitative estimate of drug-likeness (QED) is 0.789. The van der Waals surface area contributed by atoms with Crippen molar-refractivity contribution in [1.82, 2.24) is 10.2 Å². The van der Waals surface area contributed by atoms with Gasteiger partial charge < -0.3 is 19.7 Å². The average Bonchev–Trinajstić information content (AvgIpc) is 2.69. The third-order valence-electron chi connectivity index (χ3n) is 4.59. The van der Waals surface area contributed by atoms with Crippen LogP contribution in [0.5, 0.6) is 11.5 Å². The van der Waals surface area contributed by atoms with E-state index >= 15 is 0 Å². The Morgan fingerprint density at radius 3 is 2.57 bits per heavy atom. The fourth-order valence-electron chi connectivity index (χ4n) is 3.35. The first-order valence-electron chi connectivity index (χ1n) is 8.76. The second-order valence-corrected chi connectivity index (χ2v) is 6.21. The highest BCUT2D eigenvalue weighted by Crippen LogP contribution is 2.31. The number of ether oxygens (including phenoxy) is 2. The van der Waals surface area contributed by atoms with E-state index in [2.05, 4.69) is 10.1 Å². The summed E-state index contributed by atoms with van der Waals surface area (Å²) in [4.78, 5) is 14.8. The summed E-state index contributed by atoms with van der Waals surface area (Å²) in [7, 11) is 1.60. The summed E-state index contributed by atoms with van der Waals surface area (Å²) in [6.07, 6.45) is -0.00541. The molecule has 0 aromatic heterocycles. The first-order chi connectivity index (χ1) is 13.1. The molecule has 0 bridgehead atoms. The molecule has 1 saturated heterocycles. The van der Waals surface area contributed by atoms with E-state index in [1.165, 1.54) is 6.07 Å². The second-order valence-electron chi connectivity index (χ2n) is 6.21. The van der Waals surface area contributed by atoms with Gasteiger partial charge in [0.25, 0.3) is 0 Å². The number of hydrogen-bond acceptors (Lipinski definition) is 4. The maximum absolute atomic E-state index is 13.0. The molecule has 1 N–H and O–H groups in total. The van der Waals surface area contributed by atoms with Gasteiger partial charge in [0.15, 0.2) is 0 Å². The predicted molar refractivity (Wildman–Crippen MR) is 104 cm³/mol. The van der Waals surface area contributed by atoms with Crippen LogP contribution in [-0.4, -0.2) is 44.2 Å². The number of nitrogens with one attached hydrogen (secondary N) is 1. The predicted octanol–water partition coefficient (Wildman–Crippen LogP) is 3.43. The SMILES string of the molecule is COc1ccccc1C1CNCCN1C(=O)Cc1ccccc1OC(F)F.Cl.